The van der Waals surface area contributed by atoms with Crippen molar-refractivity contribution in [3.8, 4) is 5.75 Å². The number of carbonyl (C=O) groups excluding carboxylic acids is 1. The number of aliphatic imine (C=N–C) groups is 1. The van der Waals surface area contributed by atoms with Crippen molar-refractivity contribution in [2.75, 3.05) is 18.1 Å². The highest BCUT2D eigenvalue weighted by molar-refractivity contribution is 8.15. The Morgan fingerprint density at radius 3 is 2.77 bits per heavy atom. The minimum absolute atomic E-state index is 0.0286. The average Bonchev–Trinajstić information content (AvgIpc) is 3.47. The Morgan fingerprint density at radius 2 is 2.09 bits per heavy atom. The Kier molecular flexibility index (Phi) is 6.51. The molecule has 3 aliphatic rings. The molecule has 1 fully saturated rings. The van der Waals surface area contributed by atoms with Gasteiger partial charge in [-0.15, -0.1) is 34.9 Å². The van der Waals surface area contributed by atoms with Gasteiger partial charge < -0.3 is 19.7 Å². The second kappa shape index (κ2) is 9.45. The zero-order valence-corrected chi connectivity index (χ0v) is 21.1. The van der Waals surface area contributed by atoms with Crippen LogP contribution in [-0.4, -0.2) is 84.7 Å². The SMILES string of the molecule is CC(C)O[C@H]1C(=O)N2C(C(=O)O)=C(COc3ccc4nc(C5=N[C@@H](C(=O)O)CS5)sc4c3)CS[C@H]12. The van der Waals surface area contributed by atoms with Crippen LogP contribution in [0.4, 0.5) is 0 Å². The highest BCUT2D eigenvalue weighted by Crippen LogP contribution is 2.42. The molecule has 13 heteroatoms. The first-order valence-electron chi connectivity index (χ1n) is 10.8. The number of amides is 1. The number of hydrogen-bond acceptors (Lipinski definition) is 10. The van der Waals surface area contributed by atoms with E-state index in [1.807, 2.05) is 19.9 Å². The van der Waals surface area contributed by atoms with Crippen molar-refractivity contribution in [3.63, 3.8) is 0 Å². The number of ether oxygens (including phenoxy) is 2. The zero-order chi connectivity index (χ0) is 24.9. The highest BCUT2D eigenvalue weighted by atomic mass is 32.2. The molecule has 0 aliphatic carbocycles. The lowest BCUT2D eigenvalue weighted by Gasteiger charge is -2.49. The number of fused-ring (bicyclic) bond motifs is 2. The van der Waals surface area contributed by atoms with Gasteiger partial charge in [0.1, 0.15) is 33.5 Å². The van der Waals surface area contributed by atoms with Gasteiger partial charge in [0.05, 0.1) is 16.3 Å². The number of benzene rings is 1. The third kappa shape index (κ3) is 4.53. The molecule has 0 unspecified atom stereocenters. The average molecular weight is 536 g/mol. The summed E-state index contributed by atoms with van der Waals surface area (Å²) in [5.41, 5.74) is 1.23. The predicted octanol–water partition coefficient (Wildman–Crippen LogP) is 2.67. The third-order valence-electron chi connectivity index (χ3n) is 5.51. The maximum absolute atomic E-state index is 12.6. The van der Waals surface area contributed by atoms with E-state index in [1.165, 1.54) is 39.8 Å². The predicted molar refractivity (Wildman–Crippen MR) is 133 cm³/mol. The number of rotatable bonds is 8. The van der Waals surface area contributed by atoms with Crippen LogP contribution in [0.3, 0.4) is 0 Å². The summed E-state index contributed by atoms with van der Waals surface area (Å²) in [6.45, 7) is 3.71. The molecule has 1 aromatic heterocycles. The summed E-state index contributed by atoms with van der Waals surface area (Å²) in [7, 11) is 0. The number of aromatic nitrogens is 1. The molecule has 4 heterocycles. The van der Waals surface area contributed by atoms with E-state index in [1.54, 1.807) is 12.1 Å². The number of thiazole rings is 1. The van der Waals surface area contributed by atoms with Gasteiger partial charge in [0.15, 0.2) is 12.1 Å². The quantitative estimate of drug-likeness (QED) is 0.485. The Bertz CT molecular complexity index is 1290. The molecule has 5 rings (SSSR count). The van der Waals surface area contributed by atoms with Gasteiger partial charge in [0.25, 0.3) is 5.91 Å². The fraction of sp³-hybridized carbons (Fsp3) is 0.409. The number of carbonyl (C=O) groups is 3. The van der Waals surface area contributed by atoms with Crippen molar-refractivity contribution in [2.24, 2.45) is 4.99 Å². The number of β-lactam (4-membered cyclic amide) rings is 1. The summed E-state index contributed by atoms with van der Waals surface area (Å²) < 4.78 is 12.4. The molecule has 0 spiro atoms. The van der Waals surface area contributed by atoms with E-state index in [0.29, 0.717) is 32.9 Å². The summed E-state index contributed by atoms with van der Waals surface area (Å²) in [6.07, 6.45) is -0.762. The number of hydrogen-bond donors (Lipinski definition) is 2. The molecule has 1 saturated heterocycles. The number of carboxylic acids is 2. The fourth-order valence-corrected chi connectivity index (χ4v) is 7.32. The summed E-state index contributed by atoms with van der Waals surface area (Å²) in [4.78, 5) is 45.8. The molecule has 0 bridgehead atoms. The molecule has 184 valence electrons. The molecule has 1 aromatic carbocycles. The minimum atomic E-state index is -1.16. The lowest BCUT2D eigenvalue weighted by atomic mass is 10.1. The molecule has 3 atom stereocenters. The van der Waals surface area contributed by atoms with Crippen LogP contribution < -0.4 is 4.74 Å². The fourth-order valence-electron chi connectivity index (χ4n) is 3.92. The molecule has 35 heavy (non-hydrogen) atoms. The van der Waals surface area contributed by atoms with E-state index in [2.05, 4.69) is 9.98 Å². The monoisotopic (exact) mass is 535 g/mol. The van der Waals surface area contributed by atoms with Crippen LogP contribution in [0.2, 0.25) is 0 Å². The molecule has 10 nitrogen and oxygen atoms in total. The molecule has 3 aliphatic heterocycles. The maximum atomic E-state index is 12.6. The van der Waals surface area contributed by atoms with E-state index in [9.17, 15) is 19.5 Å². The zero-order valence-electron chi connectivity index (χ0n) is 18.7. The number of nitrogens with zero attached hydrogens (tertiary/aromatic N) is 3. The molecule has 0 saturated carbocycles. The second-order valence-electron chi connectivity index (χ2n) is 8.31. The normalized spacial score (nSPS) is 24.0. The largest absolute Gasteiger partial charge is 0.489 e. The van der Waals surface area contributed by atoms with Gasteiger partial charge in [0, 0.05) is 17.1 Å². The van der Waals surface area contributed by atoms with E-state index in [4.69, 9.17) is 14.6 Å². The van der Waals surface area contributed by atoms with Crippen LogP contribution in [0, 0.1) is 0 Å². The van der Waals surface area contributed by atoms with E-state index in [-0.39, 0.29) is 29.7 Å². The first-order valence-corrected chi connectivity index (χ1v) is 13.6. The van der Waals surface area contributed by atoms with E-state index >= 15 is 0 Å². The first-order chi connectivity index (χ1) is 16.7. The van der Waals surface area contributed by atoms with Crippen molar-refractivity contribution in [2.45, 2.75) is 37.5 Å². The van der Waals surface area contributed by atoms with Crippen LogP contribution in [0.15, 0.2) is 34.5 Å². The van der Waals surface area contributed by atoms with Crippen molar-refractivity contribution >= 4 is 68.0 Å². The van der Waals surface area contributed by atoms with Crippen LogP contribution >= 0.6 is 34.9 Å². The number of thioether (sulfide) groups is 2. The van der Waals surface area contributed by atoms with E-state index in [0.717, 1.165) is 10.2 Å². The Balaban J connectivity index is 1.32. The number of aliphatic carboxylic acids is 2. The molecular formula is C22H21N3O7S3. The summed E-state index contributed by atoms with van der Waals surface area (Å²) in [6, 6.07) is 4.60. The van der Waals surface area contributed by atoms with Gasteiger partial charge in [-0.2, -0.15) is 0 Å². The summed E-state index contributed by atoms with van der Waals surface area (Å²) in [5, 5.41) is 19.9. The highest BCUT2D eigenvalue weighted by Gasteiger charge is 2.54. The molecule has 2 aromatic rings. The van der Waals surface area contributed by atoms with Crippen LogP contribution in [0.5, 0.6) is 5.75 Å². The van der Waals surface area contributed by atoms with E-state index < -0.39 is 24.1 Å². The van der Waals surface area contributed by atoms with Crippen molar-refractivity contribution in [1.29, 1.82) is 0 Å². The standard InChI is InChI=1S/C22H21N3O7S3/c1-9(2)32-16-19(26)25-15(22(29)30)10(7-34-20(16)25)6-31-11-3-4-12-14(5-11)35-18(23-12)17-24-13(8-33-17)21(27)28/h3-5,9,13,16,20H,6-8H2,1-2H3,(H,27,28)(H,29,30)/t13-,16+,20-/m1/s1. The topological polar surface area (TPSA) is 139 Å². The Morgan fingerprint density at radius 1 is 1.29 bits per heavy atom. The van der Waals surface area contributed by atoms with Crippen molar-refractivity contribution < 1.29 is 34.1 Å². The molecule has 0 radical (unpaired) electrons. The Hall–Kier alpha value is -2.61. The Labute approximate surface area is 212 Å². The number of carboxylic acid groups (broad SMARTS) is 2. The van der Waals surface area contributed by atoms with Gasteiger partial charge in [-0.1, -0.05) is 0 Å². The molecule has 2 N–H and O–H groups in total. The molecular weight excluding hydrogens is 514 g/mol. The van der Waals surface area contributed by atoms with Gasteiger partial charge >= 0.3 is 11.9 Å². The first kappa shape index (κ1) is 24.1. The minimum Gasteiger partial charge on any atom is -0.489 e. The lowest BCUT2D eigenvalue weighted by molar-refractivity contribution is -0.169. The lowest BCUT2D eigenvalue weighted by Crippen LogP contribution is -2.66. The van der Waals surface area contributed by atoms with Crippen molar-refractivity contribution in [3.05, 3.63) is 34.5 Å². The smallest absolute Gasteiger partial charge is 0.352 e. The second-order valence-corrected chi connectivity index (χ2v) is 11.5. The van der Waals surface area contributed by atoms with Crippen LogP contribution in [-0.2, 0) is 19.1 Å². The van der Waals surface area contributed by atoms with Gasteiger partial charge in [0.2, 0.25) is 0 Å². The summed E-state index contributed by atoms with van der Waals surface area (Å²) >= 11 is 4.23. The van der Waals surface area contributed by atoms with Gasteiger partial charge in [-0.3, -0.25) is 14.7 Å². The summed E-state index contributed by atoms with van der Waals surface area (Å²) in [5.74, 6) is -1.11. The van der Waals surface area contributed by atoms with Gasteiger partial charge in [-0.05, 0) is 32.0 Å². The third-order valence-corrected chi connectivity index (χ3v) is 9.04. The maximum Gasteiger partial charge on any atom is 0.352 e. The van der Waals surface area contributed by atoms with Crippen LogP contribution in [0.25, 0.3) is 10.2 Å². The van der Waals surface area contributed by atoms with Gasteiger partial charge in [-0.25, -0.2) is 14.6 Å². The van der Waals surface area contributed by atoms with Crippen LogP contribution in [0.1, 0.15) is 18.9 Å². The molecule has 1 amide bonds. The van der Waals surface area contributed by atoms with Crippen molar-refractivity contribution in [1.82, 2.24) is 9.88 Å².